The van der Waals surface area contributed by atoms with Gasteiger partial charge in [-0.2, -0.15) is 0 Å². The molecule has 2 aliphatic rings. The number of anilines is 2. The molecule has 2 aliphatic heterocycles. The molecule has 0 amide bonds. The van der Waals surface area contributed by atoms with Gasteiger partial charge in [-0.05, 0) is 60.2 Å². The number of fused-ring (bicyclic) bond motifs is 2. The number of halogens is 1. The molecule has 1 N–H and O–H groups in total. The molecule has 204 valence electrons. The first kappa shape index (κ1) is 25.8. The molecule has 1 aromatic heterocycles. The molecule has 4 aromatic rings. The third kappa shape index (κ3) is 4.62. The number of piperazine rings is 1. The van der Waals surface area contributed by atoms with Crippen LogP contribution < -0.4 is 24.6 Å². The van der Waals surface area contributed by atoms with Crippen molar-refractivity contribution in [3.05, 3.63) is 111 Å². The van der Waals surface area contributed by atoms with E-state index in [0.29, 0.717) is 22.1 Å². The lowest BCUT2D eigenvalue weighted by atomic mass is 9.86. The van der Waals surface area contributed by atoms with Gasteiger partial charge in [-0.1, -0.05) is 23.7 Å². The maximum absolute atomic E-state index is 12.2. The number of pyridine rings is 1. The lowest BCUT2D eigenvalue weighted by Gasteiger charge is -2.38. The number of nitrogens with zero attached hydrogens (tertiary/aromatic N) is 4. The van der Waals surface area contributed by atoms with Gasteiger partial charge in [0, 0.05) is 66.8 Å². The number of aromatic nitrogens is 1. The van der Waals surface area contributed by atoms with Crippen LogP contribution in [0.1, 0.15) is 17.0 Å². The fourth-order valence-corrected chi connectivity index (χ4v) is 5.75. The number of rotatable bonds is 6. The monoisotopic (exact) mass is 557 g/mol. The molecule has 1 unspecified atom stereocenters. The molecule has 10 heteroatoms. The Hall–Kier alpha value is -4.50. The Morgan fingerprint density at radius 3 is 2.48 bits per heavy atom. The molecule has 1 saturated heterocycles. The largest absolute Gasteiger partial charge is 0.497 e. The minimum atomic E-state index is -0.615. The Balaban J connectivity index is 1.25. The van der Waals surface area contributed by atoms with Gasteiger partial charge in [0.25, 0.3) is 5.88 Å². The van der Waals surface area contributed by atoms with Crippen molar-refractivity contribution >= 4 is 33.9 Å². The molecule has 1 atom stereocenters. The zero-order valence-corrected chi connectivity index (χ0v) is 22.9. The van der Waals surface area contributed by atoms with Crippen molar-refractivity contribution < 1.29 is 14.4 Å². The van der Waals surface area contributed by atoms with Gasteiger partial charge < -0.3 is 24.6 Å². The predicted molar refractivity (Wildman–Crippen MR) is 156 cm³/mol. The first-order valence-electron chi connectivity index (χ1n) is 13.0. The van der Waals surface area contributed by atoms with Gasteiger partial charge in [0.15, 0.2) is 0 Å². The van der Waals surface area contributed by atoms with Crippen molar-refractivity contribution in [2.24, 2.45) is 0 Å². The van der Waals surface area contributed by atoms with Crippen molar-refractivity contribution in [1.29, 1.82) is 0 Å². The first-order valence-corrected chi connectivity index (χ1v) is 13.4. The van der Waals surface area contributed by atoms with Gasteiger partial charge in [0.1, 0.15) is 17.4 Å². The van der Waals surface area contributed by atoms with Crippen LogP contribution in [0.2, 0.25) is 5.02 Å². The van der Waals surface area contributed by atoms with Crippen molar-refractivity contribution in [3.8, 4) is 11.5 Å². The molecule has 40 heavy (non-hydrogen) atoms. The van der Waals surface area contributed by atoms with Crippen LogP contribution in [0.15, 0.2) is 84.5 Å². The van der Waals surface area contributed by atoms with Gasteiger partial charge in [-0.3, -0.25) is 15.1 Å². The zero-order chi connectivity index (χ0) is 27.8. The molecule has 0 aliphatic carbocycles. The summed E-state index contributed by atoms with van der Waals surface area (Å²) in [4.78, 5) is 21.0. The van der Waals surface area contributed by atoms with E-state index >= 15 is 0 Å². The van der Waals surface area contributed by atoms with Crippen LogP contribution in [-0.2, 0) is 0 Å². The normalized spacial score (nSPS) is 16.9. The van der Waals surface area contributed by atoms with Crippen LogP contribution in [0.25, 0.3) is 10.9 Å². The summed E-state index contributed by atoms with van der Waals surface area (Å²) in [6.45, 7) is 3.41. The Morgan fingerprint density at radius 2 is 1.77 bits per heavy atom. The highest BCUT2D eigenvalue weighted by Gasteiger charge is 2.39. The number of allylic oxidation sites excluding steroid dienone is 1. The van der Waals surface area contributed by atoms with E-state index in [1.165, 1.54) is 0 Å². The quantitative estimate of drug-likeness (QED) is 0.248. The van der Waals surface area contributed by atoms with E-state index in [-0.39, 0.29) is 16.5 Å². The average molecular weight is 558 g/mol. The van der Waals surface area contributed by atoms with Gasteiger partial charge in [0.2, 0.25) is 0 Å². The van der Waals surface area contributed by atoms with E-state index in [9.17, 15) is 10.1 Å². The average Bonchev–Trinajstić information content (AvgIpc) is 2.99. The highest BCUT2D eigenvalue weighted by molar-refractivity contribution is 6.31. The maximum Gasteiger partial charge on any atom is 0.317 e. The van der Waals surface area contributed by atoms with Crippen LogP contribution in [-0.4, -0.2) is 50.2 Å². The number of benzene rings is 3. The molecule has 9 nitrogen and oxygen atoms in total. The van der Waals surface area contributed by atoms with Crippen molar-refractivity contribution in [1.82, 2.24) is 10.3 Å². The standard InChI is InChI=1S/C30H28ClN5O4/c1-32-30-29(36(37)38)28(24-18-22(39-2)8-10-27(24)40-30)19-3-6-21(7-4-19)34-13-15-35(16-14-34)26-11-12-33-25-17-20(31)5-9-23(25)26/h3-12,17-18,28,32H,13-16H2,1-2H3. The van der Waals surface area contributed by atoms with Gasteiger partial charge >= 0.3 is 5.70 Å². The van der Waals surface area contributed by atoms with Crippen LogP contribution in [0.4, 0.5) is 11.4 Å². The summed E-state index contributed by atoms with van der Waals surface area (Å²) >= 11 is 6.17. The van der Waals surface area contributed by atoms with E-state index in [1.54, 1.807) is 32.4 Å². The number of hydrogen-bond donors (Lipinski definition) is 1. The Bertz CT molecular complexity index is 1620. The molecule has 0 saturated carbocycles. The van der Waals surface area contributed by atoms with Gasteiger partial charge in [-0.15, -0.1) is 0 Å². The summed E-state index contributed by atoms with van der Waals surface area (Å²) in [6, 6.07) is 21.3. The Labute approximate surface area is 236 Å². The van der Waals surface area contributed by atoms with Crippen LogP contribution >= 0.6 is 11.6 Å². The zero-order valence-electron chi connectivity index (χ0n) is 22.1. The van der Waals surface area contributed by atoms with Gasteiger partial charge in [-0.25, -0.2) is 0 Å². The smallest absolute Gasteiger partial charge is 0.317 e. The second kappa shape index (κ2) is 10.6. The number of hydrogen-bond acceptors (Lipinski definition) is 8. The third-order valence-corrected chi connectivity index (χ3v) is 7.80. The summed E-state index contributed by atoms with van der Waals surface area (Å²) in [5, 5.41) is 16.8. The first-order chi connectivity index (χ1) is 19.5. The van der Waals surface area contributed by atoms with E-state index in [0.717, 1.165) is 54.0 Å². The van der Waals surface area contributed by atoms with E-state index < -0.39 is 5.92 Å². The lowest BCUT2D eigenvalue weighted by Crippen LogP contribution is -2.46. The van der Waals surface area contributed by atoms with Crippen molar-refractivity contribution in [2.45, 2.75) is 5.92 Å². The Kier molecular flexibility index (Phi) is 6.81. The molecule has 1 fully saturated rings. The Morgan fingerprint density at radius 1 is 1.02 bits per heavy atom. The number of nitro groups is 1. The molecule has 3 heterocycles. The summed E-state index contributed by atoms with van der Waals surface area (Å²) in [5.74, 6) is 0.698. The van der Waals surface area contributed by atoms with Crippen LogP contribution in [0, 0.1) is 10.1 Å². The summed E-state index contributed by atoms with van der Waals surface area (Å²) < 4.78 is 11.3. The summed E-state index contributed by atoms with van der Waals surface area (Å²) in [7, 11) is 3.20. The second-order valence-electron chi connectivity index (χ2n) is 9.72. The highest BCUT2D eigenvalue weighted by atomic mass is 35.5. The topological polar surface area (TPSA) is 93.0 Å². The third-order valence-electron chi connectivity index (χ3n) is 7.56. The summed E-state index contributed by atoms with van der Waals surface area (Å²) in [5.41, 5.74) is 4.59. The van der Waals surface area contributed by atoms with Crippen molar-refractivity contribution in [3.63, 3.8) is 0 Å². The minimum absolute atomic E-state index is 0.0320. The highest BCUT2D eigenvalue weighted by Crippen LogP contribution is 2.44. The number of nitrogens with one attached hydrogen (secondary N) is 1. The molecule has 3 aromatic carbocycles. The van der Waals surface area contributed by atoms with E-state index in [2.05, 4.69) is 26.2 Å². The number of methoxy groups -OCH3 is 1. The molecular formula is C30H28ClN5O4. The second-order valence-corrected chi connectivity index (χ2v) is 10.2. The van der Waals surface area contributed by atoms with Crippen LogP contribution in [0.5, 0.6) is 11.5 Å². The fourth-order valence-electron chi connectivity index (χ4n) is 5.58. The molecule has 0 radical (unpaired) electrons. The molecule has 0 bridgehead atoms. The number of ether oxygens (including phenoxy) is 2. The fraction of sp³-hybridized carbons (Fsp3) is 0.233. The SMILES string of the molecule is CNC1=C([N+](=O)[O-])C(c2ccc(N3CCN(c4ccnc5cc(Cl)ccc45)CC3)cc2)c2cc(OC)ccc2O1. The lowest BCUT2D eigenvalue weighted by molar-refractivity contribution is -0.432. The summed E-state index contributed by atoms with van der Waals surface area (Å²) in [6.07, 6.45) is 1.83. The van der Waals surface area contributed by atoms with Crippen molar-refractivity contribution in [2.75, 3.05) is 50.1 Å². The van der Waals surface area contributed by atoms with Gasteiger partial charge in [0.05, 0.1) is 17.5 Å². The van der Waals surface area contributed by atoms with E-state index in [4.69, 9.17) is 21.1 Å². The molecule has 6 rings (SSSR count). The maximum atomic E-state index is 12.2. The van der Waals surface area contributed by atoms with Crippen LogP contribution in [0.3, 0.4) is 0 Å². The minimum Gasteiger partial charge on any atom is -0.497 e. The molecule has 0 spiro atoms. The van der Waals surface area contributed by atoms with E-state index in [1.807, 2.05) is 48.7 Å². The predicted octanol–water partition coefficient (Wildman–Crippen LogP) is 5.41. The molecular weight excluding hydrogens is 530 g/mol.